The maximum Gasteiger partial charge on any atom is 0.293 e. The van der Waals surface area contributed by atoms with E-state index < -0.39 is 5.79 Å². The Morgan fingerprint density at radius 3 is 2.36 bits per heavy atom. The second kappa shape index (κ2) is 6.08. The Morgan fingerprint density at radius 1 is 0.960 bits per heavy atom. The van der Waals surface area contributed by atoms with Crippen LogP contribution in [0.2, 0.25) is 0 Å². The van der Waals surface area contributed by atoms with Crippen LogP contribution in [0.25, 0.3) is 0 Å². The largest absolute Gasteiger partial charge is 0.332 e. The molecular formula is C20H26N2O3. The van der Waals surface area contributed by atoms with Crippen molar-refractivity contribution in [2.75, 3.05) is 24.7 Å². The van der Waals surface area contributed by atoms with Crippen LogP contribution in [0.1, 0.15) is 50.5 Å². The van der Waals surface area contributed by atoms with Gasteiger partial charge in [-0.25, -0.2) is 0 Å². The van der Waals surface area contributed by atoms with Crippen molar-refractivity contribution >= 4 is 11.6 Å². The van der Waals surface area contributed by atoms with E-state index in [-0.39, 0.29) is 18.1 Å². The normalized spacial score (nSPS) is 31.4. The predicted molar refractivity (Wildman–Crippen MR) is 94.1 cm³/mol. The zero-order valence-corrected chi connectivity index (χ0v) is 14.7. The number of nitrogens with zero attached hydrogens (tertiary/aromatic N) is 2. The predicted octanol–water partition coefficient (Wildman–Crippen LogP) is 2.99. The molecule has 0 bridgehead atoms. The summed E-state index contributed by atoms with van der Waals surface area (Å²) in [7, 11) is 0. The molecule has 5 heteroatoms. The fourth-order valence-electron chi connectivity index (χ4n) is 4.85. The summed E-state index contributed by atoms with van der Waals surface area (Å²) < 4.78 is 12.7. The molecule has 1 aromatic rings. The number of amides is 1. The van der Waals surface area contributed by atoms with Crippen LogP contribution in [0.15, 0.2) is 24.3 Å². The van der Waals surface area contributed by atoms with E-state index in [1.54, 1.807) is 0 Å². The van der Waals surface area contributed by atoms with Gasteiger partial charge in [0, 0.05) is 5.56 Å². The standard InChI is InChI=1S/C20H26N2O3/c23-19-20(24-17-10-4-5-11-18(17)25-20)15-8-2-3-9-16(15)22(19)14-21-12-6-1-7-13-21/h2-3,8-9,17-18H,1,4-7,10-14H2/t17-,18-/m0/s1. The summed E-state index contributed by atoms with van der Waals surface area (Å²) in [4.78, 5) is 17.7. The number of anilines is 1. The summed E-state index contributed by atoms with van der Waals surface area (Å²) in [5, 5.41) is 0. The maximum atomic E-state index is 13.5. The molecule has 2 atom stereocenters. The van der Waals surface area contributed by atoms with E-state index in [1.165, 1.54) is 19.3 Å². The van der Waals surface area contributed by atoms with Gasteiger partial charge in [-0.2, -0.15) is 0 Å². The van der Waals surface area contributed by atoms with Crippen molar-refractivity contribution in [2.24, 2.45) is 0 Å². The highest BCUT2D eigenvalue weighted by molar-refractivity contribution is 6.06. The molecule has 5 rings (SSSR count). The first kappa shape index (κ1) is 15.8. The van der Waals surface area contributed by atoms with E-state index in [1.807, 2.05) is 29.2 Å². The summed E-state index contributed by atoms with van der Waals surface area (Å²) in [6.07, 6.45) is 8.14. The molecule has 1 aromatic carbocycles. The van der Waals surface area contributed by atoms with Crippen molar-refractivity contribution < 1.29 is 14.3 Å². The second-order valence-electron chi connectivity index (χ2n) is 7.78. The van der Waals surface area contributed by atoms with Crippen LogP contribution < -0.4 is 4.90 Å². The van der Waals surface area contributed by atoms with Crippen molar-refractivity contribution in [3.63, 3.8) is 0 Å². The van der Waals surface area contributed by atoms with Crippen molar-refractivity contribution in [3.8, 4) is 0 Å². The average Bonchev–Trinajstić information content (AvgIpc) is 3.15. The Labute approximate surface area is 148 Å². The summed E-state index contributed by atoms with van der Waals surface area (Å²) in [5.41, 5.74) is 1.85. The highest BCUT2D eigenvalue weighted by Crippen LogP contribution is 2.51. The molecule has 1 spiro atoms. The lowest BCUT2D eigenvalue weighted by molar-refractivity contribution is -0.190. The Bertz CT molecular complexity index is 657. The Kier molecular flexibility index (Phi) is 3.84. The SMILES string of the molecule is O=C1N(CN2CCCCC2)c2ccccc2C12O[C@H]1CCCC[C@@H]1O2. The molecule has 134 valence electrons. The molecule has 3 fully saturated rings. The molecular weight excluding hydrogens is 316 g/mol. The Hall–Kier alpha value is -1.43. The van der Waals surface area contributed by atoms with Crippen molar-refractivity contribution in [3.05, 3.63) is 29.8 Å². The van der Waals surface area contributed by atoms with Crippen molar-refractivity contribution in [1.82, 2.24) is 4.90 Å². The van der Waals surface area contributed by atoms with Gasteiger partial charge < -0.3 is 9.47 Å². The third-order valence-corrected chi connectivity index (χ3v) is 6.14. The number of hydrogen-bond acceptors (Lipinski definition) is 4. The summed E-state index contributed by atoms with van der Waals surface area (Å²) >= 11 is 0. The molecule has 25 heavy (non-hydrogen) atoms. The zero-order valence-electron chi connectivity index (χ0n) is 14.7. The molecule has 1 amide bonds. The molecule has 0 radical (unpaired) electrons. The topological polar surface area (TPSA) is 42.0 Å². The van der Waals surface area contributed by atoms with Gasteiger partial charge in [-0.3, -0.25) is 14.6 Å². The number of carbonyl (C=O) groups excluding carboxylic acids is 1. The lowest BCUT2D eigenvalue weighted by atomic mass is 9.95. The Morgan fingerprint density at radius 2 is 1.64 bits per heavy atom. The number of likely N-dealkylation sites (tertiary alicyclic amines) is 1. The number of carbonyl (C=O) groups is 1. The molecule has 3 heterocycles. The minimum absolute atomic E-state index is 0.0336. The third kappa shape index (κ3) is 2.44. The van der Waals surface area contributed by atoms with Crippen LogP contribution in [0, 0.1) is 0 Å². The minimum atomic E-state index is -1.20. The fourth-order valence-corrected chi connectivity index (χ4v) is 4.85. The van der Waals surface area contributed by atoms with E-state index in [0.717, 1.165) is 50.0 Å². The number of piperidine rings is 1. The molecule has 0 unspecified atom stereocenters. The number of hydrogen-bond donors (Lipinski definition) is 0. The number of rotatable bonds is 2. The molecule has 0 aromatic heterocycles. The summed E-state index contributed by atoms with van der Waals surface area (Å²) in [5.74, 6) is -1.24. The number of ether oxygens (including phenoxy) is 2. The number of fused-ring (bicyclic) bond motifs is 3. The molecule has 2 saturated heterocycles. The lowest BCUT2D eigenvalue weighted by Gasteiger charge is -2.31. The van der Waals surface area contributed by atoms with E-state index in [9.17, 15) is 4.79 Å². The molecule has 1 aliphatic carbocycles. The first-order valence-corrected chi connectivity index (χ1v) is 9.77. The number of para-hydroxylation sites is 1. The highest BCUT2D eigenvalue weighted by Gasteiger charge is 2.61. The van der Waals surface area contributed by atoms with Crippen molar-refractivity contribution in [2.45, 2.75) is 62.9 Å². The quantitative estimate of drug-likeness (QED) is 0.829. The minimum Gasteiger partial charge on any atom is -0.332 e. The first-order chi connectivity index (χ1) is 12.3. The molecule has 3 aliphatic heterocycles. The van der Waals surface area contributed by atoms with Crippen LogP contribution in [0.5, 0.6) is 0 Å². The first-order valence-electron chi connectivity index (χ1n) is 9.77. The number of benzene rings is 1. The van der Waals surface area contributed by atoms with Gasteiger partial charge in [0.25, 0.3) is 11.7 Å². The van der Waals surface area contributed by atoms with Gasteiger partial charge >= 0.3 is 0 Å². The van der Waals surface area contributed by atoms with Crippen LogP contribution in [-0.2, 0) is 20.1 Å². The Balaban J connectivity index is 1.48. The van der Waals surface area contributed by atoms with Crippen LogP contribution in [0.3, 0.4) is 0 Å². The summed E-state index contributed by atoms with van der Waals surface area (Å²) in [6, 6.07) is 8.00. The smallest absolute Gasteiger partial charge is 0.293 e. The third-order valence-electron chi connectivity index (χ3n) is 6.14. The van der Waals surface area contributed by atoms with Gasteiger partial charge in [0.15, 0.2) is 0 Å². The van der Waals surface area contributed by atoms with Gasteiger partial charge in [-0.1, -0.05) is 37.5 Å². The zero-order chi connectivity index (χ0) is 16.9. The molecule has 1 saturated carbocycles. The van der Waals surface area contributed by atoms with Crippen molar-refractivity contribution in [1.29, 1.82) is 0 Å². The van der Waals surface area contributed by atoms with Crippen LogP contribution in [0.4, 0.5) is 5.69 Å². The monoisotopic (exact) mass is 342 g/mol. The van der Waals surface area contributed by atoms with Gasteiger partial charge in [0.2, 0.25) is 0 Å². The van der Waals surface area contributed by atoms with E-state index in [2.05, 4.69) is 4.90 Å². The van der Waals surface area contributed by atoms with Gasteiger partial charge in [0.1, 0.15) is 0 Å². The van der Waals surface area contributed by atoms with E-state index >= 15 is 0 Å². The fraction of sp³-hybridized carbons (Fsp3) is 0.650. The highest BCUT2D eigenvalue weighted by atomic mass is 16.8. The molecule has 5 nitrogen and oxygen atoms in total. The van der Waals surface area contributed by atoms with Gasteiger partial charge in [0.05, 0.1) is 24.6 Å². The van der Waals surface area contributed by atoms with Gasteiger partial charge in [-0.05, 0) is 44.8 Å². The molecule has 0 N–H and O–H groups in total. The van der Waals surface area contributed by atoms with Crippen LogP contribution in [-0.4, -0.2) is 42.8 Å². The van der Waals surface area contributed by atoms with E-state index in [4.69, 9.17) is 9.47 Å². The average molecular weight is 342 g/mol. The molecule has 4 aliphatic rings. The van der Waals surface area contributed by atoms with Gasteiger partial charge in [-0.15, -0.1) is 0 Å². The summed E-state index contributed by atoms with van der Waals surface area (Å²) in [6.45, 7) is 2.76. The maximum absolute atomic E-state index is 13.5. The lowest BCUT2D eigenvalue weighted by Crippen LogP contribution is -2.47. The van der Waals surface area contributed by atoms with E-state index in [0.29, 0.717) is 6.67 Å². The van der Waals surface area contributed by atoms with Crippen LogP contribution >= 0.6 is 0 Å². The second-order valence-corrected chi connectivity index (χ2v) is 7.78.